The van der Waals surface area contributed by atoms with Gasteiger partial charge in [-0.05, 0) is 30.7 Å². The number of halogens is 2. The Morgan fingerprint density at radius 3 is 2.90 bits per heavy atom. The molecule has 0 aliphatic heterocycles. The van der Waals surface area contributed by atoms with Gasteiger partial charge in [0, 0.05) is 18.5 Å². The van der Waals surface area contributed by atoms with Crippen molar-refractivity contribution in [2.75, 3.05) is 13.1 Å². The zero-order valence-electron chi connectivity index (χ0n) is 11.6. The number of aromatic nitrogens is 1. The monoisotopic (exact) mass is 296 g/mol. The average molecular weight is 297 g/mol. The van der Waals surface area contributed by atoms with E-state index in [9.17, 15) is 4.39 Å². The first-order valence-electron chi connectivity index (χ1n) is 6.67. The van der Waals surface area contributed by atoms with Crippen LogP contribution in [0.2, 0.25) is 5.02 Å². The maximum absolute atomic E-state index is 13.4. The minimum absolute atomic E-state index is 0.103. The lowest BCUT2D eigenvalue weighted by Crippen LogP contribution is -2.22. The van der Waals surface area contributed by atoms with E-state index < -0.39 is 5.82 Å². The van der Waals surface area contributed by atoms with Crippen LogP contribution in [0.25, 0.3) is 11.3 Å². The van der Waals surface area contributed by atoms with E-state index in [0.29, 0.717) is 29.6 Å². The van der Waals surface area contributed by atoms with Crippen molar-refractivity contribution in [3.8, 4) is 11.3 Å². The van der Waals surface area contributed by atoms with E-state index in [-0.39, 0.29) is 5.02 Å². The molecular weight excluding hydrogens is 279 g/mol. The molecule has 1 heterocycles. The molecular formula is C15H18ClFN2O. The first-order chi connectivity index (χ1) is 9.56. The van der Waals surface area contributed by atoms with Crippen LogP contribution in [0.15, 0.2) is 28.8 Å². The van der Waals surface area contributed by atoms with E-state index in [1.807, 2.05) is 0 Å². The average Bonchev–Trinajstić information content (AvgIpc) is 2.86. The second-order valence-corrected chi connectivity index (χ2v) is 5.50. The fourth-order valence-electron chi connectivity index (χ4n) is 1.79. The number of hydrogen-bond donors (Lipinski definition) is 1. The highest BCUT2D eigenvalue weighted by Gasteiger charge is 2.09. The summed E-state index contributed by atoms with van der Waals surface area (Å²) in [5, 5.41) is 3.42. The Bertz CT molecular complexity index is 569. The zero-order chi connectivity index (χ0) is 14.5. The van der Waals surface area contributed by atoms with Gasteiger partial charge in [0.15, 0.2) is 11.7 Å². The molecule has 0 atom stereocenters. The highest BCUT2D eigenvalue weighted by molar-refractivity contribution is 6.30. The van der Waals surface area contributed by atoms with Crippen molar-refractivity contribution in [1.82, 2.24) is 10.3 Å². The van der Waals surface area contributed by atoms with Gasteiger partial charge < -0.3 is 9.73 Å². The fourth-order valence-corrected chi connectivity index (χ4v) is 1.91. The van der Waals surface area contributed by atoms with Gasteiger partial charge in [0.05, 0.1) is 11.2 Å². The lowest BCUT2D eigenvalue weighted by Gasteiger charge is -2.05. The molecule has 1 N–H and O–H groups in total. The lowest BCUT2D eigenvalue weighted by molar-refractivity contribution is 0.482. The molecule has 0 saturated heterocycles. The number of nitrogens with one attached hydrogen (secondary N) is 1. The minimum Gasteiger partial charge on any atom is -0.441 e. The largest absolute Gasteiger partial charge is 0.441 e. The number of oxazole rings is 1. The summed E-state index contributed by atoms with van der Waals surface area (Å²) in [7, 11) is 0. The molecule has 0 spiro atoms. The molecule has 0 bridgehead atoms. The van der Waals surface area contributed by atoms with Crippen LogP contribution in [0.4, 0.5) is 4.39 Å². The Labute approximate surface area is 123 Å². The number of benzene rings is 1. The molecule has 5 heteroatoms. The fraction of sp³-hybridized carbons (Fsp3) is 0.400. The standard InChI is InChI=1S/C15H18ClFN2O/c1-10(2)8-18-6-5-15-19-9-14(20-15)11-3-4-12(16)13(17)7-11/h3-4,7,9-10,18H,5-6,8H2,1-2H3. The highest BCUT2D eigenvalue weighted by atomic mass is 35.5. The van der Waals surface area contributed by atoms with Crippen LogP contribution in [-0.4, -0.2) is 18.1 Å². The molecule has 0 aliphatic carbocycles. The van der Waals surface area contributed by atoms with Crippen LogP contribution in [-0.2, 0) is 6.42 Å². The summed E-state index contributed by atoms with van der Waals surface area (Å²) in [6.07, 6.45) is 2.32. The number of nitrogens with zero attached hydrogens (tertiary/aromatic N) is 1. The van der Waals surface area contributed by atoms with Gasteiger partial charge in [-0.15, -0.1) is 0 Å². The predicted octanol–water partition coefficient (Wildman–Crippen LogP) is 3.92. The summed E-state index contributed by atoms with van der Waals surface area (Å²) in [6, 6.07) is 4.58. The van der Waals surface area contributed by atoms with E-state index >= 15 is 0 Å². The smallest absolute Gasteiger partial charge is 0.196 e. The van der Waals surface area contributed by atoms with Crippen molar-refractivity contribution in [2.24, 2.45) is 5.92 Å². The van der Waals surface area contributed by atoms with Gasteiger partial charge in [-0.3, -0.25) is 0 Å². The first-order valence-corrected chi connectivity index (χ1v) is 7.05. The summed E-state index contributed by atoms with van der Waals surface area (Å²) < 4.78 is 19.0. The third-order valence-corrected chi connectivity index (χ3v) is 3.13. The van der Waals surface area contributed by atoms with E-state index in [1.54, 1.807) is 12.3 Å². The molecule has 0 unspecified atom stereocenters. The normalized spacial score (nSPS) is 11.2. The highest BCUT2D eigenvalue weighted by Crippen LogP contribution is 2.24. The molecule has 0 radical (unpaired) electrons. The van der Waals surface area contributed by atoms with Crippen LogP contribution in [0.3, 0.4) is 0 Å². The van der Waals surface area contributed by atoms with E-state index in [1.165, 1.54) is 12.1 Å². The van der Waals surface area contributed by atoms with Crippen molar-refractivity contribution < 1.29 is 8.81 Å². The van der Waals surface area contributed by atoms with Crippen molar-refractivity contribution in [3.05, 3.63) is 41.1 Å². The molecule has 108 valence electrons. The third-order valence-electron chi connectivity index (χ3n) is 2.83. The van der Waals surface area contributed by atoms with Gasteiger partial charge in [0.2, 0.25) is 0 Å². The van der Waals surface area contributed by atoms with Gasteiger partial charge in [-0.25, -0.2) is 9.37 Å². The Balaban J connectivity index is 1.96. The molecule has 1 aromatic carbocycles. The molecule has 3 nitrogen and oxygen atoms in total. The van der Waals surface area contributed by atoms with Crippen molar-refractivity contribution >= 4 is 11.6 Å². The second-order valence-electron chi connectivity index (χ2n) is 5.10. The van der Waals surface area contributed by atoms with Gasteiger partial charge in [-0.2, -0.15) is 0 Å². The van der Waals surface area contributed by atoms with E-state index in [2.05, 4.69) is 24.1 Å². The zero-order valence-corrected chi connectivity index (χ0v) is 12.4. The summed E-state index contributed by atoms with van der Waals surface area (Å²) in [6.45, 7) is 6.10. The second kappa shape index (κ2) is 6.86. The molecule has 0 amide bonds. The maximum atomic E-state index is 13.4. The quantitative estimate of drug-likeness (QED) is 0.821. The van der Waals surface area contributed by atoms with Crippen LogP contribution in [0, 0.1) is 11.7 Å². The molecule has 0 saturated carbocycles. The molecule has 2 aromatic rings. The summed E-state index contributed by atoms with van der Waals surface area (Å²) in [5.41, 5.74) is 0.640. The Hall–Kier alpha value is -1.39. The molecule has 1 aromatic heterocycles. The van der Waals surface area contributed by atoms with Crippen LogP contribution in [0.1, 0.15) is 19.7 Å². The summed E-state index contributed by atoms with van der Waals surface area (Å²) in [5.74, 6) is 1.36. The van der Waals surface area contributed by atoms with Gasteiger partial charge in [0.25, 0.3) is 0 Å². The molecule has 0 aliphatic rings. The lowest BCUT2D eigenvalue weighted by atomic mass is 10.2. The van der Waals surface area contributed by atoms with Crippen molar-refractivity contribution in [1.29, 1.82) is 0 Å². The first kappa shape index (κ1) is 15.0. The van der Waals surface area contributed by atoms with Crippen molar-refractivity contribution in [2.45, 2.75) is 20.3 Å². The number of rotatable bonds is 6. The topological polar surface area (TPSA) is 38.1 Å². The summed E-state index contributed by atoms with van der Waals surface area (Å²) in [4.78, 5) is 4.20. The van der Waals surface area contributed by atoms with Crippen LogP contribution >= 0.6 is 11.6 Å². The van der Waals surface area contributed by atoms with Crippen LogP contribution < -0.4 is 5.32 Å². The predicted molar refractivity (Wildman–Crippen MR) is 78.3 cm³/mol. The molecule has 2 rings (SSSR count). The van der Waals surface area contributed by atoms with E-state index in [0.717, 1.165) is 13.1 Å². The maximum Gasteiger partial charge on any atom is 0.196 e. The van der Waals surface area contributed by atoms with Gasteiger partial charge in [-0.1, -0.05) is 25.4 Å². The minimum atomic E-state index is -0.458. The van der Waals surface area contributed by atoms with Gasteiger partial charge in [0.1, 0.15) is 5.82 Å². The third kappa shape index (κ3) is 4.05. The Morgan fingerprint density at radius 2 is 2.20 bits per heavy atom. The van der Waals surface area contributed by atoms with Crippen molar-refractivity contribution in [3.63, 3.8) is 0 Å². The summed E-state index contributed by atoms with van der Waals surface area (Å²) >= 11 is 5.65. The Kier molecular flexibility index (Phi) is 5.15. The SMILES string of the molecule is CC(C)CNCCc1ncc(-c2ccc(Cl)c(F)c2)o1. The number of hydrogen-bond acceptors (Lipinski definition) is 3. The molecule has 0 fully saturated rings. The van der Waals surface area contributed by atoms with Crippen LogP contribution in [0.5, 0.6) is 0 Å². The van der Waals surface area contributed by atoms with E-state index in [4.69, 9.17) is 16.0 Å². The Morgan fingerprint density at radius 1 is 1.40 bits per heavy atom. The molecule has 20 heavy (non-hydrogen) atoms. The van der Waals surface area contributed by atoms with Gasteiger partial charge >= 0.3 is 0 Å².